The Hall–Kier alpha value is -1.79. The molecule has 1 atom stereocenters. The van der Waals surface area contributed by atoms with E-state index in [0.29, 0.717) is 0 Å². The number of nitrogens with zero attached hydrogens (tertiary/aromatic N) is 3. The number of thiophene rings is 1. The highest BCUT2D eigenvalue weighted by molar-refractivity contribution is 7.80. The fraction of sp³-hybridized carbons (Fsp3) is 0.154. The first-order chi connectivity index (χ1) is 9.25. The van der Waals surface area contributed by atoms with Gasteiger partial charge in [-0.15, -0.1) is 11.3 Å². The zero-order chi connectivity index (χ0) is 13.2. The Kier molecular flexibility index (Phi) is 3.27. The maximum absolute atomic E-state index is 5.77. The lowest BCUT2D eigenvalue weighted by Gasteiger charge is -2.20. The third-order valence-corrected chi connectivity index (χ3v) is 4.08. The molecule has 0 saturated carbocycles. The molecular weight excluding hydrogens is 276 g/mol. The molecule has 4 nitrogen and oxygen atoms in total. The van der Waals surface area contributed by atoms with Crippen molar-refractivity contribution < 1.29 is 0 Å². The van der Waals surface area contributed by atoms with Crippen LogP contribution in [0.15, 0.2) is 47.0 Å². The van der Waals surface area contributed by atoms with E-state index in [-0.39, 0.29) is 11.2 Å². The Morgan fingerprint density at radius 1 is 1.37 bits per heavy atom. The van der Waals surface area contributed by atoms with E-state index >= 15 is 0 Å². The first-order valence-corrected chi connectivity index (χ1v) is 7.15. The molecule has 1 aliphatic heterocycles. The second-order valence-electron chi connectivity index (χ2n) is 4.18. The highest BCUT2D eigenvalue weighted by Gasteiger charge is 2.31. The van der Waals surface area contributed by atoms with Crippen molar-refractivity contribution in [3.63, 3.8) is 0 Å². The molecule has 0 spiro atoms. The van der Waals surface area contributed by atoms with Gasteiger partial charge >= 0.3 is 0 Å². The smallest absolute Gasteiger partial charge is 0.187 e. The quantitative estimate of drug-likeness (QED) is 0.863. The molecule has 3 rings (SSSR count). The van der Waals surface area contributed by atoms with Gasteiger partial charge in [0.15, 0.2) is 5.11 Å². The largest absolute Gasteiger partial charge is 0.375 e. The minimum Gasteiger partial charge on any atom is -0.375 e. The van der Waals surface area contributed by atoms with Crippen molar-refractivity contribution in [1.29, 1.82) is 0 Å². The van der Waals surface area contributed by atoms with Gasteiger partial charge in [-0.25, -0.2) is 5.01 Å². The summed E-state index contributed by atoms with van der Waals surface area (Å²) in [4.78, 5) is 5.53. The fourth-order valence-corrected chi connectivity index (χ4v) is 3.00. The molecule has 2 N–H and O–H groups in total. The highest BCUT2D eigenvalue weighted by atomic mass is 32.1. The number of hydrogen-bond donors (Lipinski definition) is 1. The van der Waals surface area contributed by atoms with Gasteiger partial charge in [0.2, 0.25) is 0 Å². The standard InChI is InChI=1S/C13H12N4S2/c14-13(18)17-11(9-4-1-2-6-15-9)8-10(16-17)12-5-3-7-19-12/h1-7,11H,8H2,(H2,14,18). The fourth-order valence-electron chi connectivity index (χ4n) is 2.11. The molecule has 1 aliphatic rings. The summed E-state index contributed by atoms with van der Waals surface area (Å²) in [5, 5.41) is 8.55. The molecule has 1 unspecified atom stereocenters. The minimum atomic E-state index is -0.00389. The molecule has 0 fully saturated rings. The Balaban J connectivity index is 1.94. The SMILES string of the molecule is NC(=S)N1N=C(c2cccs2)CC1c1ccccn1. The average molecular weight is 288 g/mol. The van der Waals surface area contributed by atoms with Crippen molar-refractivity contribution in [3.8, 4) is 0 Å². The van der Waals surface area contributed by atoms with Crippen LogP contribution in [0.1, 0.15) is 23.0 Å². The average Bonchev–Trinajstić information content (AvgIpc) is 3.08. The first-order valence-electron chi connectivity index (χ1n) is 5.86. The summed E-state index contributed by atoms with van der Waals surface area (Å²) in [6, 6.07) is 9.90. The third-order valence-electron chi connectivity index (χ3n) is 2.97. The Morgan fingerprint density at radius 2 is 2.26 bits per heavy atom. The predicted molar refractivity (Wildman–Crippen MR) is 81.1 cm³/mol. The molecule has 6 heteroatoms. The summed E-state index contributed by atoms with van der Waals surface area (Å²) in [6.07, 6.45) is 2.55. The van der Waals surface area contributed by atoms with E-state index in [4.69, 9.17) is 18.0 Å². The van der Waals surface area contributed by atoms with Gasteiger partial charge in [-0.05, 0) is 35.8 Å². The number of nitrogens with two attached hydrogens (primary N) is 1. The number of pyridine rings is 1. The van der Waals surface area contributed by atoms with Crippen LogP contribution in [0.2, 0.25) is 0 Å². The van der Waals surface area contributed by atoms with Crippen LogP contribution < -0.4 is 5.73 Å². The maximum Gasteiger partial charge on any atom is 0.187 e. The number of hydrazone groups is 1. The Morgan fingerprint density at radius 3 is 2.89 bits per heavy atom. The number of thiocarbonyl (C=S) groups is 1. The van der Waals surface area contributed by atoms with E-state index in [2.05, 4.69) is 16.2 Å². The number of rotatable bonds is 2. The lowest BCUT2D eigenvalue weighted by atomic mass is 10.1. The summed E-state index contributed by atoms with van der Waals surface area (Å²) < 4.78 is 0. The van der Waals surface area contributed by atoms with Crippen LogP contribution in [0.3, 0.4) is 0 Å². The Bertz CT molecular complexity index is 607. The number of aromatic nitrogens is 1. The molecule has 0 radical (unpaired) electrons. The van der Waals surface area contributed by atoms with Crippen molar-refractivity contribution >= 4 is 34.4 Å². The molecule has 2 aromatic rings. The zero-order valence-corrected chi connectivity index (χ0v) is 11.7. The van der Waals surface area contributed by atoms with Gasteiger partial charge in [0.05, 0.1) is 16.3 Å². The van der Waals surface area contributed by atoms with Gasteiger partial charge in [0.25, 0.3) is 0 Å². The molecule has 0 aromatic carbocycles. The van der Waals surface area contributed by atoms with Crippen LogP contribution in [0.25, 0.3) is 0 Å². The van der Waals surface area contributed by atoms with Gasteiger partial charge in [0, 0.05) is 12.6 Å². The van der Waals surface area contributed by atoms with Crippen molar-refractivity contribution in [2.24, 2.45) is 10.8 Å². The predicted octanol–water partition coefficient (Wildman–Crippen LogP) is 2.54. The Labute approximate surface area is 120 Å². The van der Waals surface area contributed by atoms with Crippen molar-refractivity contribution in [2.45, 2.75) is 12.5 Å². The van der Waals surface area contributed by atoms with E-state index in [1.165, 1.54) is 0 Å². The first kappa shape index (κ1) is 12.3. The molecule has 2 aromatic heterocycles. The van der Waals surface area contributed by atoms with Gasteiger partial charge in [-0.1, -0.05) is 12.1 Å². The molecule has 19 heavy (non-hydrogen) atoms. The second-order valence-corrected chi connectivity index (χ2v) is 5.55. The normalized spacial score (nSPS) is 18.4. The van der Waals surface area contributed by atoms with Gasteiger partial charge < -0.3 is 5.73 Å². The van der Waals surface area contributed by atoms with Gasteiger partial charge in [0.1, 0.15) is 6.04 Å². The molecule has 0 amide bonds. The minimum absolute atomic E-state index is 0.00389. The molecule has 0 aliphatic carbocycles. The summed E-state index contributed by atoms with van der Waals surface area (Å²) in [5.41, 5.74) is 7.72. The summed E-state index contributed by atoms with van der Waals surface area (Å²) in [5.74, 6) is 0. The van der Waals surface area contributed by atoms with E-state index in [0.717, 1.165) is 22.7 Å². The third kappa shape index (κ3) is 2.36. The van der Waals surface area contributed by atoms with Crippen LogP contribution in [0, 0.1) is 0 Å². The van der Waals surface area contributed by atoms with Crippen molar-refractivity contribution in [1.82, 2.24) is 9.99 Å². The molecule has 3 heterocycles. The lowest BCUT2D eigenvalue weighted by molar-refractivity contribution is 0.365. The van der Waals surface area contributed by atoms with Crippen LogP contribution in [0.5, 0.6) is 0 Å². The van der Waals surface area contributed by atoms with Gasteiger partial charge in [-0.3, -0.25) is 4.98 Å². The van der Waals surface area contributed by atoms with Gasteiger partial charge in [-0.2, -0.15) is 5.10 Å². The lowest BCUT2D eigenvalue weighted by Crippen LogP contribution is -2.32. The van der Waals surface area contributed by atoms with E-state index < -0.39 is 0 Å². The molecule has 96 valence electrons. The summed E-state index contributed by atoms with van der Waals surface area (Å²) in [7, 11) is 0. The summed E-state index contributed by atoms with van der Waals surface area (Å²) >= 11 is 6.76. The van der Waals surface area contributed by atoms with E-state index in [1.54, 1.807) is 22.5 Å². The van der Waals surface area contributed by atoms with E-state index in [9.17, 15) is 0 Å². The highest BCUT2D eigenvalue weighted by Crippen LogP contribution is 2.32. The molecule has 0 bridgehead atoms. The number of hydrogen-bond acceptors (Lipinski definition) is 4. The second kappa shape index (κ2) is 5.07. The van der Waals surface area contributed by atoms with Crippen molar-refractivity contribution in [3.05, 3.63) is 52.5 Å². The van der Waals surface area contributed by atoms with Crippen LogP contribution >= 0.6 is 23.6 Å². The van der Waals surface area contributed by atoms with Crippen LogP contribution in [-0.2, 0) is 0 Å². The maximum atomic E-state index is 5.77. The van der Waals surface area contributed by atoms with E-state index in [1.807, 2.05) is 29.6 Å². The van der Waals surface area contributed by atoms with Crippen LogP contribution in [0.4, 0.5) is 0 Å². The summed E-state index contributed by atoms with van der Waals surface area (Å²) in [6.45, 7) is 0. The van der Waals surface area contributed by atoms with Crippen molar-refractivity contribution in [2.75, 3.05) is 0 Å². The monoisotopic (exact) mass is 288 g/mol. The topological polar surface area (TPSA) is 54.5 Å². The molecule has 0 saturated heterocycles. The van der Waals surface area contributed by atoms with Crippen LogP contribution in [-0.4, -0.2) is 20.8 Å². The molecular formula is C13H12N4S2. The zero-order valence-electron chi connectivity index (χ0n) is 10.1.